The Balaban J connectivity index is 1.90. The van der Waals surface area contributed by atoms with Gasteiger partial charge in [-0.05, 0) is 6.92 Å². The van der Waals surface area contributed by atoms with Gasteiger partial charge >= 0.3 is 5.97 Å². The number of β-lactam (4-membered cyclic amide) rings is 1. The Kier molecular flexibility index (Phi) is 5.38. The number of aromatic nitrogens is 1. The van der Waals surface area contributed by atoms with Crippen molar-refractivity contribution in [2.24, 2.45) is 5.16 Å². The second-order valence-corrected chi connectivity index (χ2v) is 8.06. The van der Waals surface area contributed by atoms with Crippen LogP contribution >= 0.6 is 23.1 Å². The number of thioether (sulfide) groups is 1. The highest BCUT2D eigenvalue weighted by atomic mass is 32.2. The number of anilines is 1. The van der Waals surface area contributed by atoms with E-state index in [9.17, 15) is 24.3 Å². The molecule has 0 saturated carbocycles. The van der Waals surface area contributed by atoms with Crippen LogP contribution in [0, 0.1) is 0 Å². The molecule has 3 N–H and O–H groups in total. The van der Waals surface area contributed by atoms with Gasteiger partial charge in [0.15, 0.2) is 10.8 Å². The molecule has 0 spiro atoms. The van der Waals surface area contributed by atoms with Gasteiger partial charge in [0.1, 0.15) is 18.2 Å². The van der Waals surface area contributed by atoms with Crippen LogP contribution in [0.3, 0.4) is 0 Å². The van der Waals surface area contributed by atoms with Crippen molar-refractivity contribution in [3.05, 3.63) is 23.3 Å². The number of carbonyl (C=O) groups excluding carboxylic acids is 3. The first-order valence-electron chi connectivity index (χ1n) is 7.84. The molecular weight excluding hydrogens is 410 g/mol. The van der Waals surface area contributed by atoms with Crippen molar-refractivity contribution in [1.82, 2.24) is 15.2 Å². The first-order chi connectivity index (χ1) is 13.3. The summed E-state index contributed by atoms with van der Waals surface area (Å²) < 4.78 is 0. The topological polar surface area (TPSA) is 150 Å². The quantitative estimate of drug-likeness (QED) is 0.179. The Labute approximate surface area is 166 Å². The summed E-state index contributed by atoms with van der Waals surface area (Å²) in [5, 5.41) is 18.8. The molecule has 1 aromatic heterocycles. The van der Waals surface area contributed by atoms with Gasteiger partial charge in [0.25, 0.3) is 11.8 Å². The van der Waals surface area contributed by atoms with Crippen LogP contribution in [0.2, 0.25) is 0 Å². The van der Waals surface area contributed by atoms with Gasteiger partial charge in [-0.25, -0.2) is 9.78 Å². The van der Waals surface area contributed by atoms with Gasteiger partial charge in [-0.15, -0.1) is 23.1 Å². The standard InChI is InChI=1S/C15H15N5O6S2/c1-7-3-4-20-11(23)15(13(24)25,12(20)28-7)18-10(22)9(19-26-2)8-5-27-14(17-8)16-6-21/h3-7,12H,1-2H3,(H,18,22)(H,24,25)(H,16,17,21)/t7?,12-,15?/m0/s1. The molecule has 0 bridgehead atoms. The van der Waals surface area contributed by atoms with Crippen LogP contribution in [0.4, 0.5) is 5.13 Å². The van der Waals surface area contributed by atoms with E-state index in [1.165, 1.54) is 35.4 Å². The van der Waals surface area contributed by atoms with Crippen LogP contribution in [0.15, 0.2) is 22.8 Å². The van der Waals surface area contributed by atoms with Gasteiger partial charge in [-0.1, -0.05) is 11.2 Å². The van der Waals surface area contributed by atoms with Crippen LogP contribution in [-0.2, 0) is 24.0 Å². The molecular formula is C15H15N5O6S2. The number of carboxylic acid groups (broad SMARTS) is 1. The lowest BCUT2D eigenvalue weighted by Crippen LogP contribution is -2.82. The minimum Gasteiger partial charge on any atom is -0.479 e. The Bertz CT molecular complexity index is 899. The molecule has 13 heteroatoms. The average molecular weight is 425 g/mol. The minimum absolute atomic E-state index is 0.0346. The molecule has 2 aliphatic heterocycles. The number of thiazole rings is 1. The molecule has 1 saturated heterocycles. The van der Waals surface area contributed by atoms with Crippen molar-refractivity contribution in [2.45, 2.75) is 23.1 Å². The highest BCUT2D eigenvalue weighted by molar-refractivity contribution is 8.00. The fourth-order valence-corrected chi connectivity index (χ4v) is 4.72. The average Bonchev–Trinajstić information content (AvgIpc) is 3.11. The van der Waals surface area contributed by atoms with Crippen LogP contribution in [0.25, 0.3) is 0 Å². The lowest BCUT2D eigenvalue weighted by atomic mass is 9.87. The number of amides is 3. The van der Waals surface area contributed by atoms with E-state index >= 15 is 0 Å². The van der Waals surface area contributed by atoms with Crippen molar-refractivity contribution < 1.29 is 29.1 Å². The van der Waals surface area contributed by atoms with Gasteiger partial charge < -0.3 is 25.5 Å². The summed E-state index contributed by atoms with van der Waals surface area (Å²) in [6, 6.07) is 0. The summed E-state index contributed by atoms with van der Waals surface area (Å²) in [7, 11) is 1.21. The second-order valence-electron chi connectivity index (χ2n) is 5.74. The van der Waals surface area contributed by atoms with Gasteiger partial charge in [-0.3, -0.25) is 14.4 Å². The van der Waals surface area contributed by atoms with Crippen molar-refractivity contribution in [2.75, 3.05) is 12.4 Å². The summed E-state index contributed by atoms with van der Waals surface area (Å²) in [4.78, 5) is 57.8. The maximum atomic E-state index is 12.8. The number of nitrogens with one attached hydrogen (secondary N) is 2. The van der Waals surface area contributed by atoms with Crippen molar-refractivity contribution in [1.29, 1.82) is 0 Å². The predicted molar refractivity (Wildman–Crippen MR) is 101 cm³/mol. The molecule has 3 amide bonds. The predicted octanol–water partition coefficient (Wildman–Crippen LogP) is -0.181. The third kappa shape index (κ3) is 3.11. The van der Waals surface area contributed by atoms with E-state index in [1.807, 2.05) is 6.92 Å². The van der Waals surface area contributed by atoms with E-state index in [0.29, 0.717) is 6.41 Å². The fourth-order valence-electron chi connectivity index (χ4n) is 2.73. The highest BCUT2D eigenvalue weighted by Gasteiger charge is 2.68. The zero-order valence-corrected chi connectivity index (χ0v) is 16.2. The van der Waals surface area contributed by atoms with E-state index < -0.39 is 28.7 Å². The summed E-state index contributed by atoms with van der Waals surface area (Å²) in [6.45, 7) is 1.85. The van der Waals surface area contributed by atoms with E-state index in [0.717, 1.165) is 11.3 Å². The maximum Gasteiger partial charge on any atom is 0.342 e. The third-order valence-electron chi connectivity index (χ3n) is 4.03. The Morgan fingerprint density at radius 2 is 2.25 bits per heavy atom. The number of hydrogen-bond acceptors (Lipinski definition) is 9. The Morgan fingerprint density at radius 1 is 1.50 bits per heavy atom. The first-order valence-corrected chi connectivity index (χ1v) is 9.67. The lowest BCUT2D eigenvalue weighted by Gasteiger charge is -2.53. The van der Waals surface area contributed by atoms with Crippen LogP contribution in [-0.4, -0.2) is 68.2 Å². The van der Waals surface area contributed by atoms with Gasteiger partial charge in [0.05, 0.1) is 0 Å². The van der Waals surface area contributed by atoms with E-state index in [-0.39, 0.29) is 21.8 Å². The Morgan fingerprint density at radius 3 is 2.89 bits per heavy atom. The molecule has 0 aliphatic carbocycles. The Hall–Kier alpha value is -2.93. The van der Waals surface area contributed by atoms with E-state index in [2.05, 4.69) is 25.6 Å². The molecule has 28 heavy (non-hydrogen) atoms. The van der Waals surface area contributed by atoms with E-state index in [4.69, 9.17) is 0 Å². The fraction of sp³-hybridized carbons (Fsp3) is 0.333. The van der Waals surface area contributed by atoms with E-state index in [1.54, 1.807) is 6.08 Å². The molecule has 0 aromatic carbocycles. The molecule has 3 heterocycles. The van der Waals surface area contributed by atoms with Crippen LogP contribution in [0.5, 0.6) is 0 Å². The summed E-state index contributed by atoms with van der Waals surface area (Å²) >= 11 is 2.27. The largest absolute Gasteiger partial charge is 0.479 e. The molecule has 3 atom stereocenters. The first kappa shape index (κ1) is 19.8. The number of carbonyl (C=O) groups is 4. The second kappa shape index (κ2) is 7.59. The van der Waals surface area contributed by atoms with Crippen molar-refractivity contribution >= 4 is 58.1 Å². The zero-order chi connectivity index (χ0) is 20.5. The zero-order valence-electron chi connectivity index (χ0n) is 14.6. The van der Waals surface area contributed by atoms with Gasteiger partial charge in [0.2, 0.25) is 11.9 Å². The molecule has 2 unspecified atom stereocenters. The number of oxime groups is 1. The number of fused-ring (bicyclic) bond motifs is 1. The van der Waals surface area contributed by atoms with Crippen LogP contribution in [0.1, 0.15) is 12.6 Å². The summed E-state index contributed by atoms with van der Waals surface area (Å²) in [5.74, 6) is -3.17. The number of rotatable bonds is 7. The molecule has 11 nitrogen and oxygen atoms in total. The van der Waals surface area contributed by atoms with Crippen LogP contribution < -0.4 is 10.6 Å². The number of aliphatic carboxylic acids is 1. The molecule has 148 valence electrons. The maximum absolute atomic E-state index is 12.8. The monoisotopic (exact) mass is 425 g/mol. The highest BCUT2D eigenvalue weighted by Crippen LogP contribution is 2.44. The van der Waals surface area contributed by atoms with Gasteiger partial charge in [-0.2, -0.15) is 0 Å². The van der Waals surface area contributed by atoms with Crippen molar-refractivity contribution in [3.8, 4) is 0 Å². The molecule has 3 rings (SSSR count). The molecule has 2 aliphatic rings. The number of carboxylic acids is 1. The smallest absolute Gasteiger partial charge is 0.342 e. The molecule has 1 aromatic rings. The molecule has 0 radical (unpaired) electrons. The lowest BCUT2D eigenvalue weighted by molar-refractivity contribution is -0.169. The third-order valence-corrected chi connectivity index (χ3v) is 6.23. The minimum atomic E-state index is -2.13. The number of nitrogens with zero attached hydrogens (tertiary/aromatic N) is 3. The number of hydrogen-bond donors (Lipinski definition) is 3. The van der Waals surface area contributed by atoms with Gasteiger partial charge in [0, 0.05) is 16.8 Å². The molecule has 1 fully saturated rings. The summed E-state index contributed by atoms with van der Waals surface area (Å²) in [6.07, 6.45) is 3.70. The summed E-state index contributed by atoms with van der Waals surface area (Å²) in [5.41, 5.74) is -2.40. The normalized spacial score (nSPS) is 26.1. The van der Waals surface area contributed by atoms with Crippen molar-refractivity contribution in [3.63, 3.8) is 0 Å². The SMILES string of the molecule is CON=C(C(=O)NC1(C(=O)O)C(=O)N2C=CC(C)S[C@H]21)c1csc(NC=O)n1.